The Labute approximate surface area is 337 Å². The third kappa shape index (κ3) is 6.88. The number of rotatable bonds is 12. The lowest BCUT2D eigenvalue weighted by molar-refractivity contribution is -0.252. The SMILES string of the molecule is C=C(C)[C@@H]1CC[C@]2(COC(=O)CC3(CC(=O)O)CCCC3)CC[C@]3(C)[C@H](CC[C@@H]4[C@@]5(C)CC[C@H](OC(=O)CC6(CC(=O)O)CCCC6)C(C)(C)[C@@H]5CC[C@]43C)[C@@H]12. The average molecular weight is 779 g/mol. The second-order valence-electron chi connectivity index (χ2n) is 22.5. The second-order valence-corrected chi connectivity index (χ2v) is 22.5. The van der Waals surface area contributed by atoms with Gasteiger partial charge < -0.3 is 19.7 Å². The summed E-state index contributed by atoms with van der Waals surface area (Å²) in [6.07, 6.45) is 18.3. The minimum Gasteiger partial charge on any atom is -0.481 e. The molecule has 0 heterocycles. The number of hydrogen-bond acceptors (Lipinski definition) is 6. The highest BCUT2D eigenvalue weighted by molar-refractivity contribution is 5.74. The van der Waals surface area contributed by atoms with Gasteiger partial charge in [0.05, 0.1) is 32.3 Å². The summed E-state index contributed by atoms with van der Waals surface area (Å²) in [5.74, 6) is 0.299. The van der Waals surface area contributed by atoms with E-state index >= 15 is 0 Å². The zero-order chi connectivity index (χ0) is 40.5. The van der Waals surface area contributed by atoms with E-state index in [1.54, 1.807) is 0 Å². The maximum atomic E-state index is 13.6. The molecule has 10 atom stereocenters. The van der Waals surface area contributed by atoms with Crippen LogP contribution < -0.4 is 0 Å². The van der Waals surface area contributed by atoms with Crippen LogP contribution in [0.4, 0.5) is 0 Å². The molecule has 0 aromatic heterocycles. The number of hydrogen-bond donors (Lipinski definition) is 2. The van der Waals surface area contributed by atoms with Gasteiger partial charge in [-0.25, -0.2) is 0 Å². The first-order valence-electron chi connectivity index (χ1n) is 22.7. The molecule has 0 bridgehead atoms. The predicted molar refractivity (Wildman–Crippen MR) is 215 cm³/mol. The van der Waals surface area contributed by atoms with Crippen LogP contribution >= 0.6 is 0 Å². The summed E-state index contributed by atoms with van der Waals surface area (Å²) in [4.78, 5) is 50.7. The molecule has 0 saturated heterocycles. The van der Waals surface area contributed by atoms with Crippen molar-refractivity contribution in [1.29, 1.82) is 0 Å². The van der Waals surface area contributed by atoms with Crippen LogP contribution in [0, 0.1) is 67.5 Å². The van der Waals surface area contributed by atoms with Gasteiger partial charge in [0.15, 0.2) is 0 Å². The first-order chi connectivity index (χ1) is 26.2. The minimum atomic E-state index is -0.820. The van der Waals surface area contributed by atoms with Crippen LogP contribution in [0.1, 0.15) is 183 Å². The molecule has 7 rings (SSSR count). The quantitative estimate of drug-likeness (QED) is 0.148. The van der Waals surface area contributed by atoms with Crippen LogP contribution in [0.5, 0.6) is 0 Å². The van der Waals surface area contributed by atoms with Gasteiger partial charge in [0.1, 0.15) is 6.10 Å². The van der Waals surface area contributed by atoms with E-state index in [4.69, 9.17) is 9.47 Å². The van der Waals surface area contributed by atoms with Crippen LogP contribution in [0.3, 0.4) is 0 Å². The van der Waals surface area contributed by atoms with E-state index in [1.165, 1.54) is 18.4 Å². The Bertz CT molecular complexity index is 1570. The number of aliphatic carboxylic acids is 2. The zero-order valence-corrected chi connectivity index (χ0v) is 35.8. The Balaban J connectivity index is 1.08. The second kappa shape index (κ2) is 14.7. The van der Waals surface area contributed by atoms with E-state index in [9.17, 15) is 29.4 Å². The van der Waals surface area contributed by atoms with Crippen molar-refractivity contribution in [3.8, 4) is 0 Å². The normalized spacial score (nSPS) is 41.7. The van der Waals surface area contributed by atoms with Gasteiger partial charge >= 0.3 is 23.9 Å². The van der Waals surface area contributed by atoms with Gasteiger partial charge in [0.25, 0.3) is 0 Å². The third-order valence-electron chi connectivity index (χ3n) is 19.4. The summed E-state index contributed by atoms with van der Waals surface area (Å²) in [7, 11) is 0. The Morgan fingerprint density at radius 2 is 1.21 bits per heavy atom. The zero-order valence-electron chi connectivity index (χ0n) is 35.8. The van der Waals surface area contributed by atoms with Gasteiger partial charge in [-0.05, 0) is 153 Å². The molecule has 8 nitrogen and oxygen atoms in total. The van der Waals surface area contributed by atoms with Crippen LogP contribution in [-0.2, 0) is 28.7 Å². The highest BCUT2D eigenvalue weighted by Gasteiger charge is 2.71. The summed E-state index contributed by atoms with van der Waals surface area (Å²) in [6.45, 7) is 19.7. The first kappa shape index (κ1) is 41.8. The lowest BCUT2D eigenvalue weighted by Gasteiger charge is -2.73. The fourth-order valence-corrected chi connectivity index (χ4v) is 16.5. The van der Waals surface area contributed by atoms with E-state index in [-0.39, 0.29) is 70.8 Å². The van der Waals surface area contributed by atoms with Gasteiger partial charge in [-0.1, -0.05) is 72.5 Å². The molecule has 0 aliphatic heterocycles. The van der Waals surface area contributed by atoms with E-state index in [0.29, 0.717) is 36.2 Å². The Morgan fingerprint density at radius 3 is 1.79 bits per heavy atom. The number of carbonyl (C=O) groups is 4. The highest BCUT2D eigenvalue weighted by Crippen LogP contribution is 2.77. The van der Waals surface area contributed by atoms with Crippen molar-refractivity contribution in [3.05, 3.63) is 12.2 Å². The molecule has 0 spiro atoms. The molecular formula is C48H74O8. The van der Waals surface area contributed by atoms with Crippen LogP contribution in [-0.4, -0.2) is 46.8 Å². The summed E-state index contributed by atoms with van der Waals surface area (Å²) in [5.41, 5.74) is 0.528. The van der Waals surface area contributed by atoms with Gasteiger partial charge in [-0.3, -0.25) is 19.2 Å². The number of allylic oxidation sites excluding steroid dienone is 1. The molecule has 7 aliphatic carbocycles. The topological polar surface area (TPSA) is 127 Å². The molecule has 314 valence electrons. The van der Waals surface area contributed by atoms with Crippen molar-refractivity contribution in [2.24, 2.45) is 67.5 Å². The molecule has 7 aliphatic rings. The smallest absolute Gasteiger partial charge is 0.306 e. The Kier molecular flexibility index (Phi) is 11.0. The summed E-state index contributed by atoms with van der Waals surface area (Å²) in [5, 5.41) is 19.3. The Morgan fingerprint density at radius 1 is 0.625 bits per heavy atom. The van der Waals surface area contributed by atoms with Gasteiger partial charge in [0, 0.05) is 10.8 Å². The number of fused-ring (bicyclic) bond motifs is 7. The number of carboxylic acids is 2. The van der Waals surface area contributed by atoms with Crippen molar-refractivity contribution in [1.82, 2.24) is 0 Å². The molecule has 2 N–H and O–H groups in total. The molecule has 0 aromatic carbocycles. The summed E-state index contributed by atoms with van der Waals surface area (Å²) < 4.78 is 12.7. The van der Waals surface area contributed by atoms with Gasteiger partial charge in [0.2, 0.25) is 0 Å². The van der Waals surface area contributed by atoms with Crippen molar-refractivity contribution in [2.45, 2.75) is 189 Å². The number of esters is 2. The first-order valence-corrected chi connectivity index (χ1v) is 22.7. The fourth-order valence-electron chi connectivity index (χ4n) is 16.5. The monoisotopic (exact) mass is 779 g/mol. The van der Waals surface area contributed by atoms with Gasteiger partial charge in [-0.2, -0.15) is 0 Å². The summed E-state index contributed by atoms with van der Waals surface area (Å²) >= 11 is 0. The van der Waals surface area contributed by atoms with E-state index < -0.39 is 22.8 Å². The highest BCUT2D eigenvalue weighted by atomic mass is 16.5. The van der Waals surface area contributed by atoms with Crippen molar-refractivity contribution in [2.75, 3.05) is 6.61 Å². The van der Waals surface area contributed by atoms with Crippen LogP contribution in [0.15, 0.2) is 12.2 Å². The molecule has 8 heteroatoms. The lowest BCUT2D eigenvalue weighted by Crippen LogP contribution is -2.67. The molecule has 7 saturated carbocycles. The van der Waals surface area contributed by atoms with E-state index in [1.807, 2.05) is 0 Å². The minimum absolute atomic E-state index is 0.0474. The molecule has 0 unspecified atom stereocenters. The number of carboxylic acid groups (broad SMARTS) is 2. The molecule has 0 amide bonds. The molecular weight excluding hydrogens is 705 g/mol. The van der Waals surface area contributed by atoms with Crippen molar-refractivity contribution >= 4 is 23.9 Å². The van der Waals surface area contributed by atoms with E-state index in [2.05, 4.69) is 48.1 Å². The summed E-state index contributed by atoms with van der Waals surface area (Å²) in [6, 6.07) is 0. The predicted octanol–water partition coefficient (Wildman–Crippen LogP) is 10.9. The maximum Gasteiger partial charge on any atom is 0.306 e. The molecule has 56 heavy (non-hydrogen) atoms. The lowest BCUT2D eigenvalue weighted by atomic mass is 9.32. The van der Waals surface area contributed by atoms with E-state index in [0.717, 1.165) is 103 Å². The number of ether oxygens (including phenoxy) is 2. The van der Waals surface area contributed by atoms with Gasteiger partial charge in [-0.15, -0.1) is 0 Å². The Hall–Kier alpha value is -2.38. The fraction of sp³-hybridized carbons (Fsp3) is 0.875. The maximum absolute atomic E-state index is 13.6. The molecule has 7 fully saturated rings. The molecule has 0 aromatic rings. The molecule has 0 radical (unpaired) electrons. The van der Waals surface area contributed by atoms with Crippen molar-refractivity contribution < 1.29 is 38.9 Å². The van der Waals surface area contributed by atoms with Crippen LogP contribution in [0.2, 0.25) is 0 Å². The van der Waals surface area contributed by atoms with Crippen molar-refractivity contribution in [3.63, 3.8) is 0 Å². The largest absolute Gasteiger partial charge is 0.481 e. The number of carbonyl (C=O) groups excluding carboxylic acids is 2. The standard InChI is InChI=1S/C48H74O8/c1-31(2)32-14-23-48(30-55-39(53)28-46(26-37(49)50)17-8-9-18-46)25-24-44(6)33(41(32)48)12-13-35-43(5)21-16-36(42(3,4)34(43)15-22-45(35,44)7)56-40(54)29-47(27-38(51)52)19-10-11-20-47/h32-36,41H,1,8-30H2,2-7H3,(H,49,50)(H,51,52)/t32-,33+,34-,35+,36-,41+,43-,44+,45+,48+/m0/s1. The van der Waals surface area contributed by atoms with Crippen LogP contribution in [0.25, 0.3) is 0 Å². The third-order valence-corrected chi connectivity index (χ3v) is 19.4. The average Bonchev–Trinajstić information content (AvgIpc) is 3.84.